The van der Waals surface area contributed by atoms with Gasteiger partial charge in [-0.2, -0.15) is 0 Å². The Labute approximate surface area is 182 Å². The second-order valence-corrected chi connectivity index (χ2v) is 9.64. The van der Waals surface area contributed by atoms with Gasteiger partial charge in [0.1, 0.15) is 5.75 Å². The van der Waals surface area contributed by atoms with E-state index in [0.29, 0.717) is 22.7 Å². The maximum absolute atomic E-state index is 12.9. The molecule has 0 bridgehead atoms. The summed E-state index contributed by atoms with van der Waals surface area (Å²) < 4.78 is 32.4. The van der Waals surface area contributed by atoms with Crippen molar-refractivity contribution in [3.8, 4) is 5.75 Å². The third kappa shape index (κ3) is 4.55. The molecule has 0 saturated carbocycles. The summed E-state index contributed by atoms with van der Waals surface area (Å²) >= 11 is 6.14. The molecule has 162 valence electrons. The zero-order chi connectivity index (χ0) is 22.1. The Kier molecular flexibility index (Phi) is 6.59. The topological polar surface area (TPSA) is 87.7 Å². The minimum Gasteiger partial charge on any atom is -0.495 e. The Hall–Kier alpha value is -2.29. The highest BCUT2D eigenvalue weighted by Gasteiger charge is 2.27. The molecule has 3 rings (SSSR count). The van der Waals surface area contributed by atoms with Gasteiger partial charge in [-0.15, -0.1) is 0 Å². The van der Waals surface area contributed by atoms with Crippen LogP contribution in [0, 0.1) is 13.8 Å². The molecule has 1 fully saturated rings. The molecule has 9 heteroatoms. The fourth-order valence-corrected chi connectivity index (χ4v) is 4.86. The summed E-state index contributed by atoms with van der Waals surface area (Å²) in [7, 11) is -0.691. The Balaban J connectivity index is 1.77. The van der Waals surface area contributed by atoms with E-state index in [9.17, 15) is 13.2 Å². The van der Waals surface area contributed by atoms with Gasteiger partial charge in [0, 0.05) is 29.7 Å². The second-order valence-electron chi connectivity index (χ2n) is 7.35. The fraction of sp³-hybridized carbons (Fsp3) is 0.381. The van der Waals surface area contributed by atoms with E-state index in [-0.39, 0.29) is 16.8 Å². The van der Waals surface area contributed by atoms with E-state index in [1.807, 2.05) is 12.1 Å². The van der Waals surface area contributed by atoms with Crippen LogP contribution in [-0.2, 0) is 10.0 Å². The van der Waals surface area contributed by atoms with E-state index < -0.39 is 10.0 Å². The average molecular weight is 452 g/mol. The van der Waals surface area contributed by atoms with Crippen molar-refractivity contribution in [2.24, 2.45) is 0 Å². The average Bonchev–Trinajstić information content (AvgIpc) is 3.17. The zero-order valence-electron chi connectivity index (χ0n) is 17.5. The predicted octanol–water partition coefficient (Wildman–Crippen LogP) is 2.88. The quantitative estimate of drug-likeness (QED) is 0.705. The first-order valence-corrected chi connectivity index (χ1v) is 11.5. The molecule has 1 aliphatic rings. The zero-order valence-corrected chi connectivity index (χ0v) is 19.0. The summed E-state index contributed by atoms with van der Waals surface area (Å²) in [4.78, 5) is 15.1. The van der Waals surface area contributed by atoms with Crippen molar-refractivity contribution >= 4 is 33.2 Å². The second kappa shape index (κ2) is 8.83. The van der Waals surface area contributed by atoms with Crippen LogP contribution in [0.2, 0.25) is 5.02 Å². The molecule has 7 nitrogen and oxygen atoms in total. The van der Waals surface area contributed by atoms with Crippen LogP contribution in [0.3, 0.4) is 0 Å². The number of hydrogen-bond donors (Lipinski definition) is 2. The first-order chi connectivity index (χ1) is 14.2. The van der Waals surface area contributed by atoms with Crippen LogP contribution >= 0.6 is 11.6 Å². The van der Waals surface area contributed by atoms with Gasteiger partial charge in [0.15, 0.2) is 0 Å². The summed E-state index contributed by atoms with van der Waals surface area (Å²) in [5.41, 5.74) is 2.58. The van der Waals surface area contributed by atoms with Crippen molar-refractivity contribution in [2.45, 2.75) is 31.2 Å². The number of nitrogens with one attached hydrogen (secondary N) is 2. The lowest BCUT2D eigenvalue weighted by molar-refractivity contribution is 0.0940. The highest BCUT2D eigenvalue weighted by Crippen LogP contribution is 2.33. The van der Waals surface area contributed by atoms with Crippen molar-refractivity contribution in [3.63, 3.8) is 0 Å². The molecular formula is C21H26ClN3O4S. The summed E-state index contributed by atoms with van der Waals surface area (Å²) in [6, 6.07) is 8.51. The van der Waals surface area contributed by atoms with Crippen LogP contribution in [0.5, 0.6) is 5.75 Å². The van der Waals surface area contributed by atoms with Crippen LogP contribution in [0.1, 0.15) is 27.9 Å². The number of amides is 1. The normalized spacial score (nSPS) is 16.6. The number of hydrogen-bond acceptors (Lipinski definition) is 5. The van der Waals surface area contributed by atoms with Gasteiger partial charge in [-0.05, 0) is 68.8 Å². The molecule has 2 N–H and O–H groups in total. The van der Waals surface area contributed by atoms with Crippen LogP contribution in [0.25, 0.3) is 0 Å². The van der Waals surface area contributed by atoms with E-state index >= 15 is 0 Å². The van der Waals surface area contributed by atoms with Gasteiger partial charge in [-0.1, -0.05) is 11.6 Å². The maximum Gasteiger partial charge on any atom is 0.251 e. The fourth-order valence-electron chi connectivity index (χ4n) is 3.62. The van der Waals surface area contributed by atoms with Crippen LogP contribution < -0.4 is 19.7 Å². The number of anilines is 1. The molecule has 0 radical (unpaired) electrons. The molecule has 1 amide bonds. The number of ether oxygens (including phenoxy) is 1. The molecule has 0 aliphatic carbocycles. The highest BCUT2D eigenvalue weighted by atomic mass is 35.5. The number of sulfonamides is 1. The van der Waals surface area contributed by atoms with Gasteiger partial charge < -0.3 is 15.0 Å². The van der Waals surface area contributed by atoms with Gasteiger partial charge >= 0.3 is 0 Å². The number of methoxy groups -OCH3 is 1. The number of carbonyl (C=O) groups is 1. The Bertz CT molecular complexity index is 1070. The van der Waals surface area contributed by atoms with Crippen molar-refractivity contribution in [1.29, 1.82) is 0 Å². The number of nitrogens with zero attached hydrogens (tertiary/aromatic N) is 1. The number of aryl methyl sites for hydroxylation is 1. The smallest absolute Gasteiger partial charge is 0.251 e. The number of carbonyl (C=O) groups excluding carboxylic acids is 1. The van der Waals surface area contributed by atoms with E-state index in [0.717, 1.165) is 30.0 Å². The Morgan fingerprint density at radius 3 is 2.63 bits per heavy atom. The minimum absolute atomic E-state index is 0.0767. The summed E-state index contributed by atoms with van der Waals surface area (Å²) in [6.07, 6.45) is 0.758. The third-order valence-electron chi connectivity index (χ3n) is 5.45. The van der Waals surface area contributed by atoms with Crippen LogP contribution in [0.15, 0.2) is 35.2 Å². The maximum atomic E-state index is 12.9. The van der Waals surface area contributed by atoms with Gasteiger partial charge in [0.05, 0.1) is 17.7 Å². The van der Waals surface area contributed by atoms with Crippen molar-refractivity contribution in [1.82, 2.24) is 10.0 Å². The van der Waals surface area contributed by atoms with Gasteiger partial charge in [-0.25, -0.2) is 13.1 Å². The molecule has 1 atom stereocenters. The molecular weight excluding hydrogens is 426 g/mol. The monoisotopic (exact) mass is 451 g/mol. The standard InChI is InChI=1S/C21H26ClN3O4S/c1-13-9-15(10-20(14(13)2)30(27,28)23-3)21(26)24-17-7-8-25(12-17)18-11-16(22)5-6-19(18)29-4/h5-6,9-11,17,23H,7-8,12H2,1-4H3,(H,24,26). The Morgan fingerprint density at radius 1 is 1.23 bits per heavy atom. The molecule has 1 heterocycles. The van der Waals surface area contributed by atoms with Crippen molar-refractivity contribution < 1.29 is 17.9 Å². The summed E-state index contributed by atoms with van der Waals surface area (Å²) in [5.74, 6) is 0.429. The Morgan fingerprint density at radius 2 is 1.97 bits per heavy atom. The van der Waals surface area contributed by atoms with Gasteiger partial charge in [0.25, 0.3) is 5.91 Å². The molecule has 30 heavy (non-hydrogen) atoms. The SMILES string of the molecule is CNS(=O)(=O)c1cc(C(=O)NC2CCN(c3cc(Cl)ccc3OC)C2)cc(C)c1C. The summed E-state index contributed by atoms with van der Waals surface area (Å²) in [6.45, 7) is 4.88. The molecule has 0 spiro atoms. The largest absolute Gasteiger partial charge is 0.495 e. The molecule has 0 aromatic heterocycles. The lowest BCUT2D eigenvalue weighted by Gasteiger charge is -2.22. The first kappa shape index (κ1) is 22.4. The molecule has 1 unspecified atom stereocenters. The van der Waals surface area contributed by atoms with Gasteiger partial charge in [0.2, 0.25) is 10.0 Å². The van der Waals surface area contributed by atoms with Crippen molar-refractivity contribution in [2.75, 3.05) is 32.1 Å². The van der Waals surface area contributed by atoms with Crippen molar-refractivity contribution in [3.05, 3.63) is 52.0 Å². The summed E-state index contributed by atoms with van der Waals surface area (Å²) in [5, 5.41) is 3.64. The van der Waals surface area contributed by atoms with Crippen LogP contribution in [-0.4, -0.2) is 47.6 Å². The van der Waals surface area contributed by atoms with E-state index in [2.05, 4.69) is 14.9 Å². The number of benzene rings is 2. The number of halogens is 1. The van der Waals surface area contributed by atoms with E-state index in [1.54, 1.807) is 33.1 Å². The van der Waals surface area contributed by atoms with Crippen LogP contribution in [0.4, 0.5) is 5.69 Å². The highest BCUT2D eigenvalue weighted by molar-refractivity contribution is 7.89. The molecule has 1 aliphatic heterocycles. The van der Waals surface area contributed by atoms with E-state index in [4.69, 9.17) is 16.3 Å². The molecule has 2 aromatic carbocycles. The predicted molar refractivity (Wildman–Crippen MR) is 118 cm³/mol. The van der Waals surface area contributed by atoms with E-state index in [1.165, 1.54) is 13.1 Å². The van der Waals surface area contributed by atoms with Gasteiger partial charge in [-0.3, -0.25) is 4.79 Å². The third-order valence-corrected chi connectivity index (χ3v) is 7.22. The number of rotatable bonds is 6. The molecule has 1 saturated heterocycles. The minimum atomic E-state index is -3.66. The molecule has 2 aromatic rings. The lowest BCUT2D eigenvalue weighted by atomic mass is 10.1. The lowest BCUT2D eigenvalue weighted by Crippen LogP contribution is -2.37. The first-order valence-electron chi connectivity index (χ1n) is 9.60.